The van der Waals surface area contributed by atoms with Crippen LogP contribution in [-0.4, -0.2) is 67.0 Å². The summed E-state index contributed by atoms with van der Waals surface area (Å²) in [6.45, 7) is 8.37. The smallest absolute Gasteiger partial charge is 0.410 e. The molecule has 0 aromatic carbocycles. The van der Waals surface area contributed by atoms with Crippen LogP contribution in [0.5, 0.6) is 0 Å². The van der Waals surface area contributed by atoms with Gasteiger partial charge in [-0.05, 0) is 45.7 Å². The van der Waals surface area contributed by atoms with Gasteiger partial charge in [-0.2, -0.15) is 10.1 Å². The summed E-state index contributed by atoms with van der Waals surface area (Å²) in [5, 5.41) is 8.04. The van der Waals surface area contributed by atoms with Gasteiger partial charge in [-0.1, -0.05) is 0 Å². The Morgan fingerprint density at radius 3 is 2.67 bits per heavy atom. The molecule has 0 aliphatic carbocycles. The Balaban J connectivity index is 1.57. The predicted molar refractivity (Wildman–Crippen MR) is 115 cm³/mol. The van der Waals surface area contributed by atoms with Gasteiger partial charge in [0.05, 0.1) is 18.5 Å². The summed E-state index contributed by atoms with van der Waals surface area (Å²) in [6, 6.07) is 1.51. The zero-order valence-electron chi connectivity index (χ0n) is 19.0. The number of carbonyl (C=O) groups is 2. The molecule has 12 heteroatoms. The second-order valence-electron chi connectivity index (χ2n) is 8.76. The number of esters is 1. The van der Waals surface area contributed by atoms with E-state index >= 15 is 0 Å². The summed E-state index contributed by atoms with van der Waals surface area (Å²) in [7, 11) is 0. The third kappa shape index (κ3) is 4.73. The van der Waals surface area contributed by atoms with Gasteiger partial charge in [0.15, 0.2) is 0 Å². The lowest BCUT2D eigenvalue weighted by Gasteiger charge is -2.33. The van der Waals surface area contributed by atoms with Crippen LogP contribution in [-0.2, 0) is 9.47 Å². The van der Waals surface area contributed by atoms with E-state index in [0.717, 1.165) is 0 Å². The second-order valence-corrected chi connectivity index (χ2v) is 8.76. The van der Waals surface area contributed by atoms with Crippen LogP contribution in [0.25, 0.3) is 17.1 Å². The van der Waals surface area contributed by atoms with Crippen molar-refractivity contribution in [3.05, 3.63) is 34.1 Å². The average molecular weight is 458 g/mol. The van der Waals surface area contributed by atoms with Gasteiger partial charge in [-0.3, -0.25) is 4.79 Å². The maximum Gasteiger partial charge on any atom is 0.410 e. The Morgan fingerprint density at radius 1 is 1.27 bits per heavy atom. The van der Waals surface area contributed by atoms with Gasteiger partial charge in [0.2, 0.25) is 0 Å². The Bertz CT molecular complexity index is 1230. The molecule has 1 N–H and O–H groups in total. The number of hydrogen-bond acceptors (Lipinski definition) is 9. The molecule has 1 amide bonds. The van der Waals surface area contributed by atoms with Crippen molar-refractivity contribution in [3.63, 3.8) is 0 Å². The first-order valence-corrected chi connectivity index (χ1v) is 10.8. The highest BCUT2D eigenvalue weighted by Gasteiger charge is 2.29. The lowest BCUT2D eigenvalue weighted by Crippen LogP contribution is -2.41. The maximum atomic E-state index is 12.4. The number of H-pyrrole nitrogens is 1. The number of aromatic amines is 1. The number of carbonyl (C=O) groups excluding carboxylic acids is 2. The topological polar surface area (TPSA) is 145 Å². The van der Waals surface area contributed by atoms with Crippen molar-refractivity contribution >= 4 is 17.7 Å². The van der Waals surface area contributed by atoms with E-state index in [1.165, 1.54) is 12.3 Å². The number of ether oxygens (including phenoxy) is 2. The first kappa shape index (κ1) is 22.5. The number of piperidine rings is 1. The molecule has 3 aromatic rings. The first-order chi connectivity index (χ1) is 15.7. The van der Waals surface area contributed by atoms with E-state index in [1.807, 2.05) is 20.8 Å². The first-order valence-electron chi connectivity index (χ1n) is 10.8. The molecule has 176 valence electrons. The van der Waals surface area contributed by atoms with Gasteiger partial charge >= 0.3 is 12.1 Å². The van der Waals surface area contributed by atoms with E-state index in [2.05, 4.69) is 20.2 Å². The van der Waals surface area contributed by atoms with Crippen LogP contribution in [0.15, 0.2) is 21.6 Å². The average Bonchev–Trinajstić information content (AvgIpc) is 3.39. The van der Waals surface area contributed by atoms with Gasteiger partial charge in [0, 0.05) is 25.1 Å². The summed E-state index contributed by atoms with van der Waals surface area (Å²) in [5.41, 5.74) is 0.627. The zero-order valence-corrected chi connectivity index (χ0v) is 19.0. The van der Waals surface area contributed by atoms with Crippen molar-refractivity contribution in [2.45, 2.75) is 52.1 Å². The van der Waals surface area contributed by atoms with Crippen molar-refractivity contribution < 1.29 is 23.6 Å². The van der Waals surface area contributed by atoms with Crippen molar-refractivity contribution in [1.82, 2.24) is 29.6 Å². The minimum Gasteiger partial charge on any atom is -0.460 e. The number of aromatic nitrogens is 5. The van der Waals surface area contributed by atoms with Crippen LogP contribution in [0.1, 0.15) is 62.8 Å². The second kappa shape index (κ2) is 8.68. The van der Waals surface area contributed by atoms with Gasteiger partial charge in [-0.25, -0.2) is 14.1 Å². The number of nitrogens with one attached hydrogen (secondary N) is 1. The number of hydrogen-bond donors (Lipinski definition) is 1. The highest BCUT2D eigenvalue weighted by atomic mass is 16.6. The highest BCUT2D eigenvalue weighted by Crippen LogP contribution is 2.30. The maximum absolute atomic E-state index is 12.4. The molecular weight excluding hydrogens is 432 g/mol. The van der Waals surface area contributed by atoms with E-state index in [-0.39, 0.29) is 35.9 Å². The quantitative estimate of drug-likeness (QED) is 0.582. The van der Waals surface area contributed by atoms with Crippen molar-refractivity contribution in [2.24, 2.45) is 0 Å². The Kier molecular flexibility index (Phi) is 5.91. The summed E-state index contributed by atoms with van der Waals surface area (Å²) in [4.78, 5) is 45.1. The van der Waals surface area contributed by atoms with Gasteiger partial charge in [-0.15, -0.1) is 0 Å². The van der Waals surface area contributed by atoms with Crippen LogP contribution < -0.4 is 5.56 Å². The van der Waals surface area contributed by atoms with Crippen molar-refractivity contribution in [1.29, 1.82) is 0 Å². The summed E-state index contributed by atoms with van der Waals surface area (Å²) in [5.74, 6) is -0.853. The minimum atomic E-state index is -0.699. The molecule has 4 heterocycles. The summed E-state index contributed by atoms with van der Waals surface area (Å²) in [6.07, 6.45) is 2.46. The van der Waals surface area contributed by atoms with Gasteiger partial charge in [0.25, 0.3) is 17.3 Å². The van der Waals surface area contributed by atoms with Gasteiger partial charge < -0.3 is 23.9 Å². The molecule has 0 unspecified atom stereocenters. The van der Waals surface area contributed by atoms with Crippen molar-refractivity contribution in [3.8, 4) is 11.5 Å². The molecule has 12 nitrogen and oxygen atoms in total. The fraction of sp³-hybridized carbons (Fsp3) is 0.524. The van der Waals surface area contributed by atoms with E-state index < -0.39 is 11.6 Å². The fourth-order valence-corrected chi connectivity index (χ4v) is 3.76. The predicted octanol–water partition coefficient (Wildman–Crippen LogP) is 2.36. The van der Waals surface area contributed by atoms with Gasteiger partial charge in [0.1, 0.15) is 16.8 Å². The van der Waals surface area contributed by atoms with Crippen LogP contribution in [0, 0.1) is 0 Å². The number of fused-ring (bicyclic) bond motifs is 1. The summed E-state index contributed by atoms with van der Waals surface area (Å²) < 4.78 is 17.1. The number of likely N-dealkylation sites (tertiary alicyclic amines) is 1. The molecule has 1 saturated heterocycles. The largest absolute Gasteiger partial charge is 0.460 e. The van der Waals surface area contributed by atoms with E-state index in [0.29, 0.717) is 42.8 Å². The number of rotatable bonds is 4. The molecule has 33 heavy (non-hydrogen) atoms. The Morgan fingerprint density at radius 2 is 2.00 bits per heavy atom. The Hall–Kier alpha value is -3.70. The molecule has 0 radical (unpaired) electrons. The highest BCUT2D eigenvalue weighted by molar-refractivity contribution is 5.85. The normalized spacial score (nSPS) is 15.1. The summed E-state index contributed by atoms with van der Waals surface area (Å²) >= 11 is 0. The van der Waals surface area contributed by atoms with Crippen molar-refractivity contribution in [2.75, 3.05) is 19.7 Å². The van der Waals surface area contributed by atoms with Crippen LogP contribution >= 0.6 is 0 Å². The molecular formula is C21H26N6O6. The molecule has 3 aromatic heterocycles. The minimum absolute atomic E-state index is 0.0130. The molecule has 1 aliphatic rings. The molecule has 0 atom stereocenters. The zero-order chi connectivity index (χ0) is 23.8. The third-order valence-corrected chi connectivity index (χ3v) is 5.21. The SMILES string of the molecule is CCOC(=O)c1noc(-c2cnn3c(C4CCN(C(=O)OC(C)(C)C)CC4)cc(=O)[nH]c23)n1. The monoisotopic (exact) mass is 458 g/mol. The molecule has 0 saturated carbocycles. The molecule has 1 fully saturated rings. The lowest BCUT2D eigenvalue weighted by atomic mass is 9.93. The number of nitrogens with zero attached hydrogens (tertiary/aromatic N) is 5. The molecule has 0 spiro atoms. The molecule has 4 rings (SSSR count). The van der Waals surface area contributed by atoms with Crippen LogP contribution in [0.4, 0.5) is 4.79 Å². The van der Waals surface area contributed by atoms with E-state index in [4.69, 9.17) is 14.0 Å². The van der Waals surface area contributed by atoms with E-state index in [1.54, 1.807) is 16.3 Å². The van der Waals surface area contributed by atoms with Crippen LogP contribution in [0.3, 0.4) is 0 Å². The van der Waals surface area contributed by atoms with Crippen LogP contribution in [0.2, 0.25) is 0 Å². The Labute approximate surface area is 188 Å². The standard InChI is InChI=1S/C21H26N6O6/c1-5-31-19(29)16-24-18(33-25-16)13-11-22-27-14(10-15(28)23-17(13)27)12-6-8-26(9-7-12)20(30)32-21(2,3)4/h10-12H,5-9H2,1-4H3,(H,23,28). The fourth-order valence-electron chi connectivity index (χ4n) is 3.76. The third-order valence-electron chi connectivity index (χ3n) is 5.21. The molecule has 0 bridgehead atoms. The number of amides is 1. The van der Waals surface area contributed by atoms with E-state index in [9.17, 15) is 14.4 Å². The molecule has 1 aliphatic heterocycles. The lowest BCUT2D eigenvalue weighted by molar-refractivity contribution is 0.0203.